The fourth-order valence-electron chi connectivity index (χ4n) is 1.92. The van der Waals surface area contributed by atoms with E-state index in [1.807, 2.05) is 36.5 Å². The van der Waals surface area contributed by atoms with Crippen LogP contribution in [-0.2, 0) is 0 Å². The summed E-state index contributed by atoms with van der Waals surface area (Å²) < 4.78 is 0. The predicted octanol–water partition coefficient (Wildman–Crippen LogP) is 3.27. The molecule has 3 aromatic rings. The molecule has 2 aromatic heterocycles. The summed E-state index contributed by atoms with van der Waals surface area (Å²) in [6.45, 7) is 2.07. The van der Waals surface area contributed by atoms with E-state index >= 15 is 0 Å². The van der Waals surface area contributed by atoms with Gasteiger partial charge in [-0.25, -0.2) is 4.98 Å². The Morgan fingerprint density at radius 1 is 1.00 bits per heavy atom. The van der Waals surface area contributed by atoms with Gasteiger partial charge in [-0.15, -0.1) is 0 Å². The summed E-state index contributed by atoms with van der Waals surface area (Å²) in [5.41, 5.74) is 4.15. The summed E-state index contributed by atoms with van der Waals surface area (Å²) in [5.74, 6) is 6.44. The van der Waals surface area contributed by atoms with Crippen LogP contribution in [0.2, 0.25) is 0 Å². The number of aromatic amines is 1. The van der Waals surface area contributed by atoms with Gasteiger partial charge in [0.05, 0.1) is 0 Å². The molecule has 86 valence electrons. The van der Waals surface area contributed by atoms with Crippen molar-refractivity contribution in [2.75, 3.05) is 0 Å². The Hall–Kier alpha value is -2.53. The van der Waals surface area contributed by atoms with E-state index in [0.717, 1.165) is 22.2 Å². The molecule has 1 N–H and O–H groups in total. The maximum Gasteiger partial charge on any atom is 0.138 e. The van der Waals surface area contributed by atoms with Crippen molar-refractivity contribution >= 4 is 11.0 Å². The minimum atomic E-state index is 0.881. The second kappa shape index (κ2) is 4.38. The summed E-state index contributed by atoms with van der Waals surface area (Å²) in [5, 5.41) is 1.07. The third-order valence-electron chi connectivity index (χ3n) is 2.94. The normalized spacial score (nSPS) is 10.1. The molecule has 0 atom stereocenters. The molecule has 0 bridgehead atoms. The van der Waals surface area contributed by atoms with Crippen molar-refractivity contribution in [2.45, 2.75) is 6.92 Å². The molecule has 0 saturated heterocycles. The first-order valence-corrected chi connectivity index (χ1v) is 5.84. The zero-order valence-electron chi connectivity index (χ0n) is 10.1. The molecule has 0 amide bonds. The van der Waals surface area contributed by atoms with E-state index in [1.165, 1.54) is 5.56 Å². The highest BCUT2D eigenvalue weighted by Gasteiger charge is 1.99. The number of hydrogen-bond acceptors (Lipinski definition) is 1. The number of rotatable bonds is 0. The van der Waals surface area contributed by atoms with Crippen LogP contribution in [0.4, 0.5) is 0 Å². The summed E-state index contributed by atoms with van der Waals surface area (Å²) in [6, 6.07) is 12.1. The largest absolute Gasteiger partial charge is 0.346 e. The van der Waals surface area contributed by atoms with E-state index in [4.69, 9.17) is 0 Å². The minimum Gasteiger partial charge on any atom is -0.346 e. The van der Waals surface area contributed by atoms with Crippen LogP contribution in [0.15, 0.2) is 48.8 Å². The molecule has 1 aromatic carbocycles. The fourth-order valence-corrected chi connectivity index (χ4v) is 1.92. The Bertz CT molecular complexity index is 757. The fraction of sp³-hybridized carbons (Fsp3) is 0.0625. The molecular weight excluding hydrogens is 220 g/mol. The van der Waals surface area contributed by atoms with Crippen molar-refractivity contribution in [3.8, 4) is 11.8 Å². The number of fused-ring (bicyclic) bond motifs is 1. The lowest BCUT2D eigenvalue weighted by molar-refractivity contribution is 1.32. The second-order valence-electron chi connectivity index (χ2n) is 4.16. The van der Waals surface area contributed by atoms with Crippen molar-refractivity contribution in [3.05, 3.63) is 65.5 Å². The van der Waals surface area contributed by atoms with Crippen molar-refractivity contribution in [1.29, 1.82) is 0 Å². The molecule has 2 nitrogen and oxygen atoms in total. The zero-order chi connectivity index (χ0) is 12.4. The van der Waals surface area contributed by atoms with Crippen LogP contribution < -0.4 is 0 Å². The summed E-state index contributed by atoms with van der Waals surface area (Å²) in [4.78, 5) is 7.34. The number of nitrogens with zero attached hydrogens (tertiary/aromatic N) is 1. The van der Waals surface area contributed by atoms with Crippen LogP contribution >= 0.6 is 0 Å². The molecule has 0 unspecified atom stereocenters. The summed E-state index contributed by atoms with van der Waals surface area (Å²) in [7, 11) is 0. The van der Waals surface area contributed by atoms with E-state index in [-0.39, 0.29) is 0 Å². The van der Waals surface area contributed by atoms with Gasteiger partial charge in [-0.2, -0.15) is 0 Å². The number of aryl methyl sites for hydroxylation is 1. The van der Waals surface area contributed by atoms with Crippen molar-refractivity contribution < 1.29 is 0 Å². The van der Waals surface area contributed by atoms with Gasteiger partial charge < -0.3 is 4.98 Å². The van der Waals surface area contributed by atoms with Gasteiger partial charge in [-0.3, -0.25) is 0 Å². The summed E-state index contributed by atoms with van der Waals surface area (Å²) in [6.07, 6.45) is 3.66. The molecule has 0 aliphatic carbocycles. The molecule has 0 spiro atoms. The monoisotopic (exact) mass is 232 g/mol. The smallest absolute Gasteiger partial charge is 0.138 e. The third-order valence-corrected chi connectivity index (χ3v) is 2.94. The first-order valence-electron chi connectivity index (χ1n) is 5.84. The number of pyridine rings is 1. The van der Waals surface area contributed by atoms with Crippen LogP contribution in [0.5, 0.6) is 0 Å². The van der Waals surface area contributed by atoms with Crippen LogP contribution in [0.1, 0.15) is 16.7 Å². The lowest BCUT2D eigenvalue weighted by atomic mass is 10.1. The Balaban J connectivity index is 2.08. The minimum absolute atomic E-state index is 0.881. The predicted molar refractivity (Wildman–Crippen MR) is 73.3 cm³/mol. The third kappa shape index (κ3) is 1.87. The van der Waals surface area contributed by atoms with Crippen LogP contribution in [-0.4, -0.2) is 9.97 Å². The number of hydrogen-bond donors (Lipinski definition) is 1. The van der Waals surface area contributed by atoms with Gasteiger partial charge in [-0.05, 0) is 30.7 Å². The second-order valence-corrected chi connectivity index (χ2v) is 4.16. The molecule has 0 aliphatic rings. The maximum atomic E-state index is 4.25. The van der Waals surface area contributed by atoms with Gasteiger partial charge in [0.1, 0.15) is 5.65 Å². The first kappa shape index (κ1) is 10.6. The number of aromatic nitrogens is 2. The Morgan fingerprint density at radius 3 is 2.72 bits per heavy atom. The average Bonchev–Trinajstić information content (AvgIpc) is 2.86. The quantitative estimate of drug-likeness (QED) is 0.592. The molecule has 0 aliphatic heterocycles. The van der Waals surface area contributed by atoms with Gasteiger partial charge in [-0.1, -0.05) is 30.0 Å². The highest BCUT2D eigenvalue weighted by atomic mass is 14.8. The van der Waals surface area contributed by atoms with Gasteiger partial charge in [0.15, 0.2) is 0 Å². The van der Waals surface area contributed by atoms with Gasteiger partial charge in [0, 0.05) is 28.9 Å². The Morgan fingerprint density at radius 2 is 1.83 bits per heavy atom. The molecule has 0 fully saturated rings. The topological polar surface area (TPSA) is 28.7 Å². The Kier molecular flexibility index (Phi) is 2.59. The maximum absolute atomic E-state index is 4.25. The molecule has 0 saturated carbocycles. The molecule has 2 heteroatoms. The van der Waals surface area contributed by atoms with Crippen molar-refractivity contribution in [3.63, 3.8) is 0 Å². The van der Waals surface area contributed by atoms with E-state index < -0.39 is 0 Å². The SMILES string of the molecule is Cc1ccccc1C#Cc1ccnc2[nH]ccc12. The van der Waals surface area contributed by atoms with Gasteiger partial charge >= 0.3 is 0 Å². The highest BCUT2D eigenvalue weighted by molar-refractivity contribution is 5.82. The lowest BCUT2D eigenvalue weighted by Gasteiger charge is -1.96. The molecule has 18 heavy (non-hydrogen) atoms. The lowest BCUT2D eigenvalue weighted by Crippen LogP contribution is -1.82. The number of benzene rings is 1. The highest BCUT2D eigenvalue weighted by Crippen LogP contribution is 2.14. The van der Waals surface area contributed by atoms with Crippen molar-refractivity contribution in [2.24, 2.45) is 0 Å². The van der Waals surface area contributed by atoms with E-state index in [1.54, 1.807) is 6.20 Å². The van der Waals surface area contributed by atoms with E-state index in [9.17, 15) is 0 Å². The summed E-state index contributed by atoms with van der Waals surface area (Å²) >= 11 is 0. The van der Waals surface area contributed by atoms with E-state index in [0.29, 0.717) is 0 Å². The number of H-pyrrole nitrogens is 1. The standard InChI is InChI=1S/C16H12N2/c1-12-4-2-3-5-13(12)6-7-14-8-10-17-16-15(14)9-11-18-16/h2-5,8-11H,1H3,(H,17,18). The van der Waals surface area contributed by atoms with E-state index in [2.05, 4.69) is 34.8 Å². The first-order chi connectivity index (χ1) is 8.84. The number of nitrogens with one attached hydrogen (secondary N) is 1. The molecular formula is C16H12N2. The molecule has 0 radical (unpaired) electrons. The van der Waals surface area contributed by atoms with Crippen LogP contribution in [0, 0.1) is 18.8 Å². The average molecular weight is 232 g/mol. The molecule has 3 rings (SSSR count). The van der Waals surface area contributed by atoms with Crippen LogP contribution in [0.25, 0.3) is 11.0 Å². The van der Waals surface area contributed by atoms with Crippen molar-refractivity contribution in [1.82, 2.24) is 9.97 Å². The van der Waals surface area contributed by atoms with Gasteiger partial charge in [0.25, 0.3) is 0 Å². The van der Waals surface area contributed by atoms with Gasteiger partial charge in [0.2, 0.25) is 0 Å². The Labute approximate surface area is 106 Å². The van der Waals surface area contributed by atoms with Crippen LogP contribution in [0.3, 0.4) is 0 Å². The molecule has 2 heterocycles. The zero-order valence-corrected chi connectivity index (χ0v) is 10.1.